The van der Waals surface area contributed by atoms with E-state index in [-0.39, 0.29) is 11.5 Å². The molecule has 0 aromatic heterocycles. The average Bonchev–Trinajstić information content (AvgIpc) is 2.75. The zero-order chi connectivity index (χ0) is 11.9. The van der Waals surface area contributed by atoms with E-state index < -0.39 is 0 Å². The molecule has 2 rings (SSSR count). The van der Waals surface area contributed by atoms with Crippen molar-refractivity contribution in [1.82, 2.24) is 9.80 Å². The summed E-state index contributed by atoms with van der Waals surface area (Å²) in [4.78, 5) is 16.1. The van der Waals surface area contributed by atoms with Crippen molar-refractivity contribution in [3.05, 3.63) is 0 Å². The Bertz CT molecular complexity index is 285. The molecule has 2 heterocycles. The van der Waals surface area contributed by atoms with Crippen LogP contribution in [0.1, 0.15) is 27.2 Å². The molecule has 4 nitrogen and oxygen atoms in total. The minimum atomic E-state index is -0.116. The molecule has 16 heavy (non-hydrogen) atoms. The van der Waals surface area contributed by atoms with Gasteiger partial charge >= 0.3 is 5.97 Å². The van der Waals surface area contributed by atoms with E-state index in [9.17, 15) is 4.79 Å². The number of ether oxygens (including phenoxy) is 1. The first-order valence-electron chi connectivity index (χ1n) is 5.99. The Morgan fingerprint density at radius 1 is 1.31 bits per heavy atom. The van der Waals surface area contributed by atoms with Gasteiger partial charge in [-0.2, -0.15) is 0 Å². The summed E-state index contributed by atoms with van der Waals surface area (Å²) < 4.78 is 4.72. The van der Waals surface area contributed by atoms with Gasteiger partial charge in [-0.1, -0.05) is 0 Å². The Labute approximate surface area is 97.5 Å². The van der Waals surface area contributed by atoms with Crippen LogP contribution in [0.15, 0.2) is 0 Å². The normalized spacial score (nSPS) is 31.0. The van der Waals surface area contributed by atoms with Gasteiger partial charge in [0.15, 0.2) is 0 Å². The number of fused-ring (bicyclic) bond motifs is 2. The molecule has 0 aliphatic carbocycles. The lowest BCUT2D eigenvalue weighted by molar-refractivity contribution is -0.142. The minimum absolute atomic E-state index is 0.116. The predicted octanol–water partition coefficient (Wildman–Crippen LogP) is 0.716. The van der Waals surface area contributed by atoms with Crippen LogP contribution in [0.4, 0.5) is 0 Å². The van der Waals surface area contributed by atoms with Crippen molar-refractivity contribution in [2.24, 2.45) is 0 Å². The fourth-order valence-electron chi connectivity index (χ4n) is 2.99. The van der Waals surface area contributed by atoms with Crippen LogP contribution >= 0.6 is 0 Å². The maximum absolute atomic E-state index is 11.2. The third-order valence-electron chi connectivity index (χ3n) is 3.78. The van der Waals surface area contributed by atoms with Crippen LogP contribution in [0.3, 0.4) is 0 Å². The van der Waals surface area contributed by atoms with E-state index in [0.29, 0.717) is 18.6 Å². The molecule has 0 N–H and O–H groups in total. The number of carbonyl (C=O) groups excluding carboxylic acids is 1. The quantitative estimate of drug-likeness (QED) is 0.649. The number of nitrogens with zero attached hydrogens (tertiary/aromatic N) is 2. The Hall–Kier alpha value is -0.610. The molecule has 2 aliphatic heterocycles. The lowest BCUT2D eigenvalue weighted by Gasteiger charge is -2.41. The standard InChI is InChI=1S/C12H22N2O2/c1-12(2,3)14-7-9-5-10(14)6-13(9)8-11(15)16-4/h9-10H,5-8H2,1-4H3. The molecule has 4 heteroatoms. The SMILES string of the molecule is COC(=O)CN1CC2CC1CN2C(C)(C)C. The van der Waals surface area contributed by atoms with Crippen LogP contribution in [-0.4, -0.2) is 60.1 Å². The molecule has 0 spiro atoms. The maximum Gasteiger partial charge on any atom is 0.319 e. The molecule has 0 aromatic carbocycles. The average molecular weight is 226 g/mol. The van der Waals surface area contributed by atoms with E-state index in [0.717, 1.165) is 13.1 Å². The summed E-state index contributed by atoms with van der Waals surface area (Å²) in [5.41, 5.74) is 0.247. The summed E-state index contributed by atoms with van der Waals surface area (Å²) in [5, 5.41) is 0. The van der Waals surface area contributed by atoms with Gasteiger partial charge in [-0.25, -0.2) is 0 Å². The Morgan fingerprint density at radius 3 is 2.44 bits per heavy atom. The van der Waals surface area contributed by atoms with Crippen LogP contribution in [0.5, 0.6) is 0 Å². The zero-order valence-electron chi connectivity index (χ0n) is 10.7. The highest BCUT2D eigenvalue weighted by Gasteiger charge is 2.46. The van der Waals surface area contributed by atoms with E-state index in [1.165, 1.54) is 13.5 Å². The second kappa shape index (κ2) is 4.00. The molecule has 2 fully saturated rings. The van der Waals surface area contributed by atoms with Gasteiger partial charge in [0.25, 0.3) is 0 Å². The molecule has 0 saturated carbocycles. The third kappa shape index (κ3) is 2.09. The van der Waals surface area contributed by atoms with Crippen molar-refractivity contribution in [1.29, 1.82) is 0 Å². The number of carbonyl (C=O) groups is 1. The van der Waals surface area contributed by atoms with E-state index in [2.05, 4.69) is 30.6 Å². The number of hydrogen-bond donors (Lipinski definition) is 0. The van der Waals surface area contributed by atoms with Gasteiger partial charge in [0.05, 0.1) is 13.7 Å². The van der Waals surface area contributed by atoms with Crippen molar-refractivity contribution >= 4 is 5.97 Å². The molecule has 0 radical (unpaired) electrons. The van der Waals surface area contributed by atoms with Crippen LogP contribution in [0.2, 0.25) is 0 Å². The van der Waals surface area contributed by atoms with E-state index in [1.807, 2.05) is 0 Å². The number of rotatable bonds is 2. The summed E-state index contributed by atoms with van der Waals surface area (Å²) in [6, 6.07) is 1.16. The number of esters is 1. The molecule has 2 unspecified atom stereocenters. The Morgan fingerprint density at radius 2 is 2.00 bits per heavy atom. The minimum Gasteiger partial charge on any atom is -0.468 e. The van der Waals surface area contributed by atoms with Crippen molar-refractivity contribution in [2.75, 3.05) is 26.7 Å². The lowest BCUT2D eigenvalue weighted by Crippen LogP contribution is -2.54. The van der Waals surface area contributed by atoms with Gasteiger partial charge in [0, 0.05) is 30.7 Å². The summed E-state index contributed by atoms with van der Waals surface area (Å²) in [6.45, 7) is 9.34. The summed E-state index contributed by atoms with van der Waals surface area (Å²) in [6.07, 6.45) is 1.20. The molecule has 0 aromatic rings. The third-order valence-corrected chi connectivity index (χ3v) is 3.78. The fraction of sp³-hybridized carbons (Fsp3) is 0.917. The first kappa shape index (κ1) is 11.9. The van der Waals surface area contributed by atoms with Gasteiger partial charge in [-0.05, 0) is 27.2 Å². The molecule has 2 aliphatic rings. The number of methoxy groups -OCH3 is 1. The highest BCUT2D eigenvalue weighted by molar-refractivity contribution is 5.71. The Kier molecular flexibility index (Phi) is 2.97. The van der Waals surface area contributed by atoms with Gasteiger partial charge in [-0.3, -0.25) is 14.6 Å². The fourth-order valence-corrected chi connectivity index (χ4v) is 2.99. The maximum atomic E-state index is 11.2. The molecular weight excluding hydrogens is 204 g/mol. The lowest BCUT2D eigenvalue weighted by atomic mass is 10.0. The second-order valence-corrected chi connectivity index (χ2v) is 5.87. The number of likely N-dealkylation sites (tertiary alicyclic amines) is 2. The largest absolute Gasteiger partial charge is 0.468 e. The highest BCUT2D eigenvalue weighted by Crippen LogP contribution is 2.35. The first-order valence-corrected chi connectivity index (χ1v) is 5.99. The van der Waals surface area contributed by atoms with Crippen molar-refractivity contribution < 1.29 is 9.53 Å². The number of piperazine rings is 1. The summed E-state index contributed by atoms with van der Waals surface area (Å²) in [5.74, 6) is -0.116. The molecular formula is C12H22N2O2. The predicted molar refractivity (Wildman–Crippen MR) is 62.2 cm³/mol. The number of hydrogen-bond acceptors (Lipinski definition) is 4. The van der Waals surface area contributed by atoms with E-state index >= 15 is 0 Å². The second-order valence-electron chi connectivity index (χ2n) is 5.87. The van der Waals surface area contributed by atoms with Crippen molar-refractivity contribution in [2.45, 2.75) is 44.8 Å². The molecule has 92 valence electrons. The zero-order valence-corrected chi connectivity index (χ0v) is 10.7. The van der Waals surface area contributed by atoms with Gasteiger partial charge in [-0.15, -0.1) is 0 Å². The molecule has 2 atom stereocenters. The highest BCUT2D eigenvalue weighted by atomic mass is 16.5. The Balaban J connectivity index is 1.93. The van der Waals surface area contributed by atoms with E-state index in [4.69, 9.17) is 4.74 Å². The molecule has 0 amide bonds. The molecule has 2 bridgehead atoms. The topological polar surface area (TPSA) is 32.8 Å². The van der Waals surface area contributed by atoms with E-state index in [1.54, 1.807) is 0 Å². The molecule has 2 saturated heterocycles. The van der Waals surface area contributed by atoms with Crippen molar-refractivity contribution in [3.63, 3.8) is 0 Å². The van der Waals surface area contributed by atoms with Crippen LogP contribution in [0, 0.1) is 0 Å². The van der Waals surface area contributed by atoms with Gasteiger partial charge < -0.3 is 4.74 Å². The van der Waals surface area contributed by atoms with Gasteiger partial charge in [0.2, 0.25) is 0 Å². The monoisotopic (exact) mass is 226 g/mol. The smallest absolute Gasteiger partial charge is 0.319 e. The summed E-state index contributed by atoms with van der Waals surface area (Å²) >= 11 is 0. The van der Waals surface area contributed by atoms with Crippen LogP contribution in [-0.2, 0) is 9.53 Å². The van der Waals surface area contributed by atoms with Crippen molar-refractivity contribution in [3.8, 4) is 0 Å². The first-order chi connectivity index (χ1) is 7.41. The van der Waals surface area contributed by atoms with Crippen LogP contribution < -0.4 is 0 Å². The van der Waals surface area contributed by atoms with Gasteiger partial charge in [0.1, 0.15) is 0 Å². The van der Waals surface area contributed by atoms with Crippen LogP contribution in [0.25, 0.3) is 0 Å². The summed E-state index contributed by atoms with van der Waals surface area (Å²) in [7, 11) is 1.46.